The average molecular weight is 481 g/mol. The molecule has 0 aliphatic rings. The number of alkyl halides is 2. The lowest BCUT2D eigenvalue weighted by Crippen LogP contribution is -2.18. The molecule has 4 aromatic rings. The molecule has 0 bridgehead atoms. The molecule has 0 saturated heterocycles. The zero-order valence-corrected chi connectivity index (χ0v) is 18.5. The lowest BCUT2D eigenvalue weighted by molar-refractivity contribution is -0.0512. The van der Waals surface area contributed by atoms with Crippen molar-refractivity contribution in [1.82, 2.24) is 24.7 Å². The van der Waals surface area contributed by atoms with Gasteiger partial charge in [0.2, 0.25) is 0 Å². The van der Waals surface area contributed by atoms with Crippen molar-refractivity contribution in [2.45, 2.75) is 19.0 Å². The highest BCUT2D eigenvalue weighted by atomic mass is 19.3. The van der Waals surface area contributed by atoms with E-state index >= 15 is 0 Å². The van der Waals surface area contributed by atoms with Crippen LogP contribution in [0.5, 0.6) is 11.5 Å². The van der Waals surface area contributed by atoms with Gasteiger partial charge in [-0.2, -0.15) is 8.78 Å². The van der Waals surface area contributed by atoms with Crippen LogP contribution in [-0.2, 0) is 6.42 Å². The average Bonchev–Trinajstić information content (AvgIpc) is 3.24. The molecule has 0 fully saturated rings. The van der Waals surface area contributed by atoms with E-state index in [-0.39, 0.29) is 23.3 Å². The summed E-state index contributed by atoms with van der Waals surface area (Å²) in [6.07, 6.45) is 3.35. The van der Waals surface area contributed by atoms with Crippen LogP contribution in [0.3, 0.4) is 0 Å². The highest BCUT2D eigenvalue weighted by Crippen LogP contribution is 2.35. The molecule has 0 aliphatic carbocycles. The van der Waals surface area contributed by atoms with Gasteiger partial charge in [0.15, 0.2) is 11.5 Å². The van der Waals surface area contributed by atoms with E-state index in [1.54, 1.807) is 30.3 Å². The van der Waals surface area contributed by atoms with Gasteiger partial charge in [0, 0.05) is 23.9 Å². The van der Waals surface area contributed by atoms with Crippen LogP contribution in [0.25, 0.3) is 5.95 Å². The summed E-state index contributed by atoms with van der Waals surface area (Å²) >= 11 is 0. The summed E-state index contributed by atoms with van der Waals surface area (Å²) in [6, 6.07) is 13.2. The van der Waals surface area contributed by atoms with Crippen molar-refractivity contribution in [3.63, 3.8) is 0 Å². The Morgan fingerprint density at radius 2 is 1.86 bits per heavy atom. The Kier molecular flexibility index (Phi) is 6.81. The molecule has 1 unspecified atom stereocenters. The van der Waals surface area contributed by atoms with Gasteiger partial charge in [-0.1, -0.05) is 30.3 Å². The number of nitrogens with two attached hydrogens (primary N) is 1. The van der Waals surface area contributed by atoms with Crippen molar-refractivity contribution in [2.24, 2.45) is 5.73 Å². The zero-order chi connectivity index (χ0) is 24.9. The summed E-state index contributed by atoms with van der Waals surface area (Å²) in [7, 11) is 1.34. The van der Waals surface area contributed by atoms with Gasteiger partial charge < -0.3 is 15.2 Å². The number of rotatable bonds is 9. The molecular formula is C23H21F2N7O3. The molecule has 12 heteroatoms. The maximum atomic E-state index is 12.8. The third-order valence-electron chi connectivity index (χ3n) is 5.22. The quantitative estimate of drug-likeness (QED) is 0.246. The lowest BCUT2D eigenvalue weighted by Gasteiger charge is -2.18. The molecule has 10 nitrogen and oxygen atoms in total. The van der Waals surface area contributed by atoms with Crippen molar-refractivity contribution < 1.29 is 18.3 Å². The summed E-state index contributed by atoms with van der Waals surface area (Å²) < 4.78 is 36.4. The molecule has 0 amide bonds. The predicted octanol–water partition coefficient (Wildman–Crippen LogP) is 2.62. The molecule has 2 heterocycles. The highest BCUT2D eigenvalue weighted by molar-refractivity contribution is 5.94. The number of amidine groups is 1. The van der Waals surface area contributed by atoms with Gasteiger partial charge in [-0.3, -0.25) is 10.4 Å². The summed E-state index contributed by atoms with van der Waals surface area (Å²) in [5.41, 5.74) is 7.07. The summed E-state index contributed by atoms with van der Waals surface area (Å²) in [5, 5.41) is 12.0. The molecule has 0 saturated carbocycles. The first-order valence-electron chi connectivity index (χ1n) is 10.4. The van der Waals surface area contributed by atoms with Gasteiger partial charge in [-0.05, 0) is 35.7 Å². The molecular weight excluding hydrogens is 460 g/mol. The van der Waals surface area contributed by atoms with E-state index in [0.29, 0.717) is 23.4 Å². The molecule has 180 valence electrons. The fourth-order valence-corrected chi connectivity index (χ4v) is 3.56. The normalized spacial score (nSPS) is 11.9. The number of hydrogen-bond donors (Lipinski definition) is 3. The molecule has 1 atom stereocenters. The topological polar surface area (TPSA) is 145 Å². The second-order valence-electron chi connectivity index (χ2n) is 7.43. The molecule has 0 spiro atoms. The number of aromatic amines is 1. The van der Waals surface area contributed by atoms with Crippen molar-refractivity contribution in [3.8, 4) is 17.4 Å². The van der Waals surface area contributed by atoms with E-state index in [0.717, 1.165) is 10.2 Å². The maximum absolute atomic E-state index is 12.8. The van der Waals surface area contributed by atoms with E-state index in [1.165, 1.54) is 25.6 Å². The number of benzene rings is 2. The Morgan fingerprint density at radius 1 is 1.14 bits per heavy atom. The van der Waals surface area contributed by atoms with Crippen LogP contribution in [0.4, 0.5) is 8.78 Å². The number of nitrogens with one attached hydrogen (secondary N) is 2. The summed E-state index contributed by atoms with van der Waals surface area (Å²) in [6.45, 7) is -3.01. The Labute approximate surface area is 197 Å². The largest absolute Gasteiger partial charge is 0.493 e. The maximum Gasteiger partial charge on any atom is 0.387 e. The fraction of sp³-hybridized carbons (Fsp3) is 0.174. The van der Waals surface area contributed by atoms with Gasteiger partial charge in [0.05, 0.1) is 7.11 Å². The number of ether oxygens (including phenoxy) is 2. The predicted molar refractivity (Wildman–Crippen MR) is 122 cm³/mol. The van der Waals surface area contributed by atoms with E-state index in [1.807, 2.05) is 12.1 Å². The standard InChI is InChI=1S/C23H21F2N7O3/c1-34-18-12-15(7-8-17(18)35-21(24)25)16(11-13-3-5-14(6-4-13)19(26)27)20-30-23(33)32(31-20)22-28-9-2-10-29-22/h2-10,12,16,21H,11H2,1H3,(H3,26,27)(H,30,31,33). The molecule has 0 aliphatic heterocycles. The van der Waals surface area contributed by atoms with Crippen molar-refractivity contribution in [2.75, 3.05) is 7.11 Å². The van der Waals surface area contributed by atoms with Gasteiger partial charge in [-0.15, -0.1) is 9.78 Å². The number of nitrogen functional groups attached to an aromatic ring is 1. The minimum atomic E-state index is -3.01. The van der Waals surface area contributed by atoms with Gasteiger partial charge in [0.25, 0.3) is 5.95 Å². The number of nitrogens with zero attached hydrogens (tertiary/aromatic N) is 4. The Balaban J connectivity index is 1.77. The monoisotopic (exact) mass is 481 g/mol. The smallest absolute Gasteiger partial charge is 0.387 e. The summed E-state index contributed by atoms with van der Waals surface area (Å²) in [4.78, 5) is 23.5. The van der Waals surface area contributed by atoms with Crippen LogP contribution in [0, 0.1) is 5.41 Å². The number of aromatic nitrogens is 5. The van der Waals surface area contributed by atoms with Gasteiger partial charge in [0.1, 0.15) is 11.7 Å². The van der Waals surface area contributed by atoms with Crippen LogP contribution in [-0.4, -0.2) is 44.3 Å². The van der Waals surface area contributed by atoms with E-state index in [9.17, 15) is 13.6 Å². The van der Waals surface area contributed by atoms with E-state index in [4.69, 9.17) is 15.9 Å². The molecule has 0 radical (unpaired) electrons. The summed E-state index contributed by atoms with van der Waals surface area (Å²) in [5.74, 6) is -0.172. The van der Waals surface area contributed by atoms with Gasteiger partial charge in [-0.25, -0.2) is 14.8 Å². The third kappa shape index (κ3) is 5.32. The molecule has 2 aromatic carbocycles. The van der Waals surface area contributed by atoms with E-state index in [2.05, 4.69) is 24.8 Å². The van der Waals surface area contributed by atoms with Crippen molar-refractivity contribution in [1.29, 1.82) is 5.41 Å². The highest BCUT2D eigenvalue weighted by Gasteiger charge is 2.23. The Hall–Kier alpha value is -4.61. The second kappa shape index (κ2) is 10.1. The van der Waals surface area contributed by atoms with Crippen LogP contribution in [0.1, 0.15) is 28.4 Å². The van der Waals surface area contributed by atoms with Crippen LogP contribution in [0.15, 0.2) is 65.7 Å². The Bertz CT molecular complexity index is 1370. The molecule has 4 rings (SSSR count). The van der Waals surface area contributed by atoms with Crippen LogP contribution in [0.2, 0.25) is 0 Å². The molecule has 4 N–H and O–H groups in total. The first kappa shape index (κ1) is 23.5. The number of hydrogen-bond acceptors (Lipinski definition) is 7. The fourth-order valence-electron chi connectivity index (χ4n) is 3.56. The number of halogens is 2. The second-order valence-corrected chi connectivity index (χ2v) is 7.43. The lowest BCUT2D eigenvalue weighted by atomic mass is 9.90. The van der Waals surface area contributed by atoms with Gasteiger partial charge >= 0.3 is 12.3 Å². The minimum Gasteiger partial charge on any atom is -0.493 e. The third-order valence-corrected chi connectivity index (χ3v) is 5.22. The van der Waals surface area contributed by atoms with Crippen LogP contribution < -0.4 is 20.9 Å². The van der Waals surface area contributed by atoms with Crippen molar-refractivity contribution in [3.05, 3.63) is 93.9 Å². The van der Waals surface area contributed by atoms with Crippen LogP contribution >= 0.6 is 0 Å². The number of H-pyrrole nitrogens is 1. The first-order chi connectivity index (χ1) is 16.9. The van der Waals surface area contributed by atoms with E-state index < -0.39 is 18.2 Å². The SMILES string of the molecule is COc1cc(C(Cc2ccc(C(=N)N)cc2)c2nn(-c3ncccn3)c(=O)[nH]2)ccc1OC(F)F. The van der Waals surface area contributed by atoms with Crippen molar-refractivity contribution >= 4 is 5.84 Å². The molecule has 35 heavy (non-hydrogen) atoms. The molecule has 2 aromatic heterocycles. The first-order valence-corrected chi connectivity index (χ1v) is 10.4. The number of methoxy groups -OCH3 is 1. The zero-order valence-electron chi connectivity index (χ0n) is 18.5. The minimum absolute atomic E-state index is 0.0570. The Morgan fingerprint density at radius 3 is 2.49 bits per heavy atom.